The highest BCUT2D eigenvalue weighted by atomic mass is 32.1. The molecule has 0 aliphatic carbocycles. The molecule has 0 aromatic carbocycles. The van der Waals surface area contributed by atoms with Crippen molar-refractivity contribution >= 4 is 12.2 Å². The van der Waals surface area contributed by atoms with Crippen LogP contribution < -0.4 is 0 Å². The first kappa shape index (κ1) is 12.6. The van der Waals surface area contributed by atoms with E-state index in [9.17, 15) is 0 Å². The first-order valence-corrected chi connectivity index (χ1v) is 6.89. The highest BCUT2D eigenvalue weighted by Gasteiger charge is 2.18. The van der Waals surface area contributed by atoms with Gasteiger partial charge in [0.2, 0.25) is 0 Å². The van der Waals surface area contributed by atoms with Crippen LogP contribution in [-0.4, -0.2) is 37.3 Å². The van der Waals surface area contributed by atoms with Crippen molar-refractivity contribution in [1.29, 1.82) is 0 Å². The summed E-state index contributed by atoms with van der Waals surface area (Å²) in [6.45, 7) is 4.27. The summed E-state index contributed by atoms with van der Waals surface area (Å²) in [5.41, 5.74) is 1.11. The Hall–Kier alpha value is -1.47. The monoisotopic (exact) mass is 279 g/mol. The predicted molar refractivity (Wildman–Crippen MR) is 72.5 cm³/mol. The highest BCUT2D eigenvalue weighted by molar-refractivity contribution is 7.71. The number of aromatic amines is 1. The number of hydrogen-bond donors (Lipinski definition) is 1. The lowest BCUT2D eigenvalue weighted by atomic mass is 10.2. The molecule has 0 amide bonds. The fourth-order valence-corrected chi connectivity index (χ4v) is 2.58. The number of ether oxygens (including phenoxy) is 1. The van der Waals surface area contributed by atoms with Gasteiger partial charge in [0, 0.05) is 18.5 Å². The Balaban J connectivity index is 1.81. The Bertz CT molecular complexity index is 608. The van der Waals surface area contributed by atoms with Gasteiger partial charge in [-0.15, -0.1) is 0 Å². The Kier molecular flexibility index (Phi) is 3.48. The fraction of sp³-hybridized carbons (Fsp3) is 0.583. The molecule has 0 spiro atoms. The van der Waals surface area contributed by atoms with Crippen molar-refractivity contribution in [3.8, 4) is 0 Å². The summed E-state index contributed by atoms with van der Waals surface area (Å²) < 4.78 is 10.2. The molecule has 102 valence electrons. The quantitative estimate of drug-likeness (QED) is 0.865. The van der Waals surface area contributed by atoms with E-state index in [-0.39, 0.29) is 6.10 Å². The van der Waals surface area contributed by atoms with Gasteiger partial charge in [-0.05, 0) is 38.0 Å². The zero-order valence-electron chi connectivity index (χ0n) is 10.9. The first-order chi connectivity index (χ1) is 9.24. The van der Waals surface area contributed by atoms with Crippen LogP contribution in [0.15, 0.2) is 12.3 Å². The van der Waals surface area contributed by atoms with Gasteiger partial charge in [-0.2, -0.15) is 10.2 Å². The average Bonchev–Trinajstić information content (AvgIpc) is 3.09. The topological polar surface area (TPSA) is 60.7 Å². The third-order valence-corrected chi connectivity index (χ3v) is 3.78. The Morgan fingerprint density at radius 1 is 1.58 bits per heavy atom. The van der Waals surface area contributed by atoms with E-state index in [0.29, 0.717) is 11.3 Å². The van der Waals surface area contributed by atoms with Crippen molar-refractivity contribution in [3.05, 3.63) is 28.6 Å². The van der Waals surface area contributed by atoms with Gasteiger partial charge in [-0.3, -0.25) is 14.3 Å². The van der Waals surface area contributed by atoms with E-state index in [1.165, 1.54) is 0 Å². The minimum atomic E-state index is 0.252. The molecular formula is C12H17N5OS. The van der Waals surface area contributed by atoms with Crippen molar-refractivity contribution < 1.29 is 4.74 Å². The molecule has 1 atom stereocenters. The van der Waals surface area contributed by atoms with Crippen LogP contribution in [0.3, 0.4) is 0 Å². The van der Waals surface area contributed by atoms with Gasteiger partial charge in [-0.25, -0.2) is 0 Å². The summed E-state index contributed by atoms with van der Waals surface area (Å²) in [4.78, 5) is 0. The summed E-state index contributed by atoms with van der Waals surface area (Å²) >= 11 is 5.30. The smallest absolute Gasteiger partial charge is 0.195 e. The van der Waals surface area contributed by atoms with Crippen LogP contribution >= 0.6 is 12.2 Å². The molecule has 0 saturated carbocycles. The summed E-state index contributed by atoms with van der Waals surface area (Å²) in [6, 6.07) is 1.98. The summed E-state index contributed by atoms with van der Waals surface area (Å²) in [5, 5.41) is 11.4. The summed E-state index contributed by atoms with van der Waals surface area (Å²) in [6.07, 6.45) is 4.26. The molecule has 19 heavy (non-hydrogen) atoms. The molecule has 1 fully saturated rings. The van der Waals surface area contributed by atoms with Crippen LogP contribution in [-0.2, 0) is 17.8 Å². The number of hydrogen-bond acceptors (Lipinski definition) is 4. The zero-order chi connectivity index (χ0) is 13.2. The third kappa shape index (κ3) is 2.62. The fourth-order valence-electron chi connectivity index (χ4n) is 2.35. The molecule has 1 aliphatic rings. The average molecular weight is 279 g/mol. The minimum Gasteiger partial charge on any atom is -0.376 e. The van der Waals surface area contributed by atoms with Crippen molar-refractivity contribution in [3.63, 3.8) is 0 Å². The molecule has 6 nitrogen and oxygen atoms in total. The molecule has 3 heterocycles. The molecule has 7 heteroatoms. The van der Waals surface area contributed by atoms with Gasteiger partial charge >= 0.3 is 0 Å². The number of rotatable bonds is 4. The van der Waals surface area contributed by atoms with Gasteiger partial charge < -0.3 is 4.74 Å². The van der Waals surface area contributed by atoms with Crippen LogP contribution in [0.4, 0.5) is 0 Å². The normalized spacial score (nSPS) is 19.1. The maximum atomic E-state index is 5.66. The Labute approximate surface area is 116 Å². The van der Waals surface area contributed by atoms with E-state index in [2.05, 4.69) is 15.3 Å². The molecule has 0 radical (unpaired) electrons. The van der Waals surface area contributed by atoms with Gasteiger partial charge in [0.25, 0.3) is 0 Å². The van der Waals surface area contributed by atoms with Crippen molar-refractivity contribution in [2.24, 2.45) is 0 Å². The van der Waals surface area contributed by atoms with Crippen LogP contribution in [0.25, 0.3) is 0 Å². The summed E-state index contributed by atoms with van der Waals surface area (Å²) in [5.74, 6) is 0.896. The SMILES string of the molecule is Cc1ccnn1Cc1n[nH]c(=S)n1C[C@@H]1CCCO1. The van der Waals surface area contributed by atoms with Gasteiger partial charge in [0.15, 0.2) is 10.6 Å². The molecular weight excluding hydrogens is 262 g/mol. The molecule has 0 bridgehead atoms. The zero-order valence-corrected chi connectivity index (χ0v) is 11.7. The van der Waals surface area contributed by atoms with Crippen LogP contribution in [0.1, 0.15) is 24.4 Å². The lowest BCUT2D eigenvalue weighted by Gasteiger charge is -2.12. The Morgan fingerprint density at radius 3 is 3.16 bits per heavy atom. The third-order valence-electron chi connectivity index (χ3n) is 3.47. The second-order valence-electron chi connectivity index (χ2n) is 4.82. The number of nitrogens with zero attached hydrogens (tertiary/aromatic N) is 4. The number of aromatic nitrogens is 5. The number of aryl methyl sites for hydroxylation is 1. The largest absolute Gasteiger partial charge is 0.376 e. The standard InChI is InChI=1S/C12H17N5OS/c1-9-4-5-13-17(9)8-11-14-15-12(19)16(11)7-10-3-2-6-18-10/h4-5,10H,2-3,6-8H2,1H3,(H,15,19)/t10-/m0/s1. The van der Waals surface area contributed by atoms with Crippen molar-refractivity contribution in [2.45, 2.75) is 39.0 Å². The van der Waals surface area contributed by atoms with Gasteiger partial charge in [0.05, 0.1) is 12.6 Å². The van der Waals surface area contributed by atoms with Crippen LogP contribution in [0.5, 0.6) is 0 Å². The molecule has 2 aromatic rings. The van der Waals surface area contributed by atoms with E-state index in [1.807, 2.05) is 22.2 Å². The lowest BCUT2D eigenvalue weighted by molar-refractivity contribution is 0.0958. The van der Waals surface area contributed by atoms with Crippen LogP contribution in [0.2, 0.25) is 0 Å². The molecule has 1 aliphatic heterocycles. The molecule has 1 saturated heterocycles. The maximum absolute atomic E-state index is 5.66. The molecule has 0 unspecified atom stereocenters. The second-order valence-corrected chi connectivity index (χ2v) is 5.21. The van der Waals surface area contributed by atoms with E-state index >= 15 is 0 Å². The first-order valence-electron chi connectivity index (χ1n) is 6.48. The predicted octanol–water partition coefficient (Wildman–Crippen LogP) is 1.67. The minimum absolute atomic E-state index is 0.252. The Morgan fingerprint density at radius 2 is 2.47 bits per heavy atom. The highest BCUT2D eigenvalue weighted by Crippen LogP contribution is 2.15. The van der Waals surface area contributed by atoms with Crippen molar-refractivity contribution in [2.75, 3.05) is 6.61 Å². The van der Waals surface area contributed by atoms with E-state index in [1.54, 1.807) is 6.20 Å². The molecule has 3 rings (SSSR count). The summed E-state index contributed by atoms with van der Waals surface area (Å²) in [7, 11) is 0. The molecule has 1 N–H and O–H groups in total. The lowest BCUT2D eigenvalue weighted by Crippen LogP contribution is -2.19. The molecule has 2 aromatic heterocycles. The van der Waals surface area contributed by atoms with E-state index in [4.69, 9.17) is 17.0 Å². The number of nitrogens with one attached hydrogen (secondary N) is 1. The van der Waals surface area contributed by atoms with Gasteiger partial charge in [0.1, 0.15) is 6.54 Å². The number of H-pyrrole nitrogens is 1. The van der Waals surface area contributed by atoms with Gasteiger partial charge in [-0.1, -0.05) is 0 Å². The van der Waals surface area contributed by atoms with Crippen LogP contribution in [0, 0.1) is 11.7 Å². The van der Waals surface area contributed by atoms with E-state index in [0.717, 1.165) is 37.5 Å². The van der Waals surface area contributed by atoms with E-state index < -0.39 is 0 Å². The van der Waals surface area contributed by atoms with Crippen molar-refractivity contribution in [1.82, 2.24) is 24.5 Å². The second kappa shape index (κ2) is 5.26. The maximum Gasteiger partial charge on any atom is 0.195 e.